The number of carbonyl (C=O) groups excluding carboxylic acids is 2. The Morgan fingerprint density at radius 2 is 2.00 bits per heavy atom. The van der Waals surface area contributed by atoms with Crippen molar-refractivity contribution in [3.05, 3.63) is 46.8 Å². The molecule has 11 heteroatoms. The predicted molar refractivity (Wildman–Crippen MR) is 119 cm³/mol. The summed E-state index contributed by atoms with van der Waals surface area (Å²) in [5, 5.41) is 13.6. The van der Waals surface area contributed by atoms with Crippen molar-refractivity contribution >= 4 is 45.1 Å². The van der Waals surface area contributed by atoms with Crippen LogP contribution in [0.4, 0.5) is 5.69 Å². The van der Waals surface area contributed by atoms with Crippen molar-refractivity contribution in [1.82, 2.24) is 19.9 Å². The lowest BCUT2D eigenvalue weighted by Gasteiger charge is -2.11. The third-order valence-electron chi connectivity index (χ3n) is 4.42. The second-order valence-electron chi connectivity index (χ2n) is 6.36. The van der Waals surface area contributed by atoms with E-state index in [4.69, 9.17) is 9.47 Å². The smallest absolute Gasteiger partial charge is 0.313 e. The van der Waals surface area contributed by atoms with E-state index in [9.17, 15) is 9.59 Å². The fourth-order valence-corrected chi connectivity index (χ4v) is 4.39. The van der Waals surface area contributed by atoms with Crippen molar-refractivity contribution in [1.29, 1.82) is 0 Å². The van der Waals surface area contributed by atoms with Crippen molar-refractivity contribution in [2.75, 3.05) is 26.1 Å². The molecule has 3 heterocycles. The molecule has 0 fully saturated rings. The average Bonchev–Trinajstić information content (AvgIpc) is 3.51. The molecule has 160 valence electrons. The van der Waals surface area contributed by atoms with Gasteiger partial charge in [0.15, 0.2) is 5.82 Å². The number of rotatable bonds is 7. The number of anilines is 1. The molecule has 0 saturated heterocycles. The monoisotopic (exact) mass is 457 g/mol. The number of amides is 2. The van der Waals surface area contributed by atoms with Gasteiger partial charge in [0.05, 0.1) is 30.5 Å². The van der Waals surface area contributed by atoms with Crippen LogP contribution in [0.3, 0.4) is 0 Å². The highest BCUT2D eigenvalue weighted by Crippen LogP contribution is 2.29. The molecule has 4 rings (SSSR count). The van der Waals surface area contributed by atoms with Crippen molar-refractivity contribution in [2.24, 2.45) is 0 Å². The summed E-state index contributed by atoms with van der Waals surface area (Å²) in [6, 6.07) is 8.86. The number of nitrogens with zero attached hydrogens (tertiary/aromatic N) is 3. The van der Waals surface area contributed by atoms with E-state index in [2.05, 4.69) is 20.7 Å². The molecule has 9 nitrogen and oxygen atoms in total. The van der Waals surface area contributed by atoms with Crippen LogP contribution in [0.15, 0.2) is 41.1 Å². The highest BCUT2D eigenvalue weighted by atomic mass is 32.1. The number of thiophene rings is 1. The van der Waals surface area contributed by atoms with Gasteiger partial charge in [-0.2, -0.15) is 4.98 Å². The Labute approximate surface area is 185 Å². The number of ether oxygens (including phenoxy) is 2. The molecule has 0 spiro atoms. The van der Waals surface area contributed by atoms with Crippen molar-refractivity contribution in [3.63, 3.8) is 0 Å². The van der Waals surface area contributed by atoms with Gasteiger partial charge in [0.25, 0.3) is 0 Å². The summed E-state index contributed by atoms with van der Waals surface area (Å²) < 4.78 is 12.1. The maximum Gasteiger partial charge on any atom is 0.313 e. The van der Waals surface area contributed by atoms with E-state index >= 15 is 0 Å². The molecular formula is C20H19N5O4S2. The molecule has 0 radical (unpaired) electrons. The molecule has 0 unspecified atom stereocenters. The van der Waals surface area contributed by atoms with E-state index in [1.807, 2.05) is 22.9 Å². The Kier molecular flexibility index (Phi) is 6.14. The molecule has 0 aliphatic heterocycles. The summed E-state index contributed by atoms with van der Waals surface area (Å²) in [6.07, 6.45) is 0.509. The summed E-state index contributed by atoms with van der Waals surface area (Å²) in [4.78, 5) is 30.8. The third-order valence-corrected chi connectivity index (χ3v) is 6.15. The lowest BCUT2D eigenvalue weighted by molar-refractivity contribution is -0.136. The first-order valence-electron chi connectivity index (χ1n) is 9.27. The van der Waals surface area contributed by atoms with Crippen LogP contribution >= 0.6 is 22.7 Å². The second-order valence-corrected chi connectivity index (χ2v) is 8.14. The molecule has 2 N–H and O–H groups in total. The zero-order valence-corrected chi connectivity index (χ0v) is 18.4. The van der Waals surface area contributed by atoms with Crippen molar-refractivity contribution in [3.8, 4) is 22.2 Å². The molecule has 1 aromatic carbocycles. The maximum atomic E-state index is 12.3. The summed E-state index contributed by atoms with van der Waals surface area (Å²) in [6.45, 7) is 0.279. The van der Waals surface area contributed by atoms with Gasteiger partial charge in [0.2, 0.25) is 4.96 Å². The number of carbonyl (C=O) groups is 2. The quantitative estimate of drug-likeness (QED) is 0.413. The van der Waals surface area contributed by atoms with E-state index in [1.54, 1.807) is 34.1 Å². The van der Waals surface area contributed by atoms with Gasteiger partial charge < -0.3 is 20.1 Å². The zero-order valence-electron chi connectivity index (χ0n) is 16.7. The molecule has 0 saturated carbocycles. The molecule has 0 aliphatic rings. The van der Waals surface area contributed by atoms with E-state index in [-0.39, 0.29) is 6.54 Å². The standard InChI is InChI=1S/C20H19N5O4S2/c1-28-13-5-6-15(29-2)14(10-13)22-19(27)18(26)21-8-7-12-11-31-20-23-17(24-25(12)20)16-4-3-9-30-16/h3-6,9-11H,7-8H2,1-2H3,(H,21,26)(H,22,27). The zero-order chi connectivity index (χ0) is 21.8. The lowest BCUT2D eigenvalue weighted by atomic mass is 10.2. The lowest BCUT2D eigenvalue weighted by Crippen LogP contribution is -2.36. The number of hydrogen-bond donors (Lipinski definition) is 2. The first kappa shape index (κ1) is 20.8. The van der Waals surface area contributed by atoms with Gasteiger partial charge in [-0.25, -0.2) is 4.52 Å². The fourth-order valence-electron chi connectivity index (χ4n) is 2.88. The molecule has 0 aliphatic carbocycles. The summed E-state index contributed by atoms with van der Waals surface area (Å²) in [7, 11) is 2.99. The van der Waals surface area contributed by atoms with Gasteiger partial charge in [-0.05, 0) is 23.6 Å². The minimum Gasteiger partial charge on any atom is -0.497 e. The van der Waals surface area contributed by atoms with Gasteiger partial charge in [-0.15, -0.1) is 27.8 Å². The van der Waals surface area contributed by atoms with Crippen LogP contribution in [0.1, 0.15) is 5.69 Å². The first-order valence-corrected chi connectivity index (χ1v) is 11.0. The number of nitrogens with one attached hydrogen (secondary N) is 2. The molecule has 4 aromatic rings. The maximum absolute atomic E-state index is 12.3. The largest absolute Gasteiger partial charge is 0.497 e. The minimum atomic E-state index is -0.789. The molecule has 3 aromatic heterocycles. The highest BCUT2D eigenvalue weighted by Gasteiger charge is 2.17. The van der Waals surface area contributed by atoms with Gasteiger partial charge in [0, 0.05) is 24.4 Å². The van der Waals surface area contributed by atoms with Crippen molar-refractivity contribution < 1.29 is 19.1 Å². The number of benzene rings is 1. The topological polar surface area (TPSA) is 107 Å². The fraction of sp³-hybridized carbons (Fsp3) is 0.200. The van der Waals surface area contributed by atoms with Crippen LogP contribution in [-0.4, -0.2) is 47.2 Å². The SMILES string of the molecule is COc1ccc(OC)c(NC(=O)C(=O)NCCc2csc3nc(-c4cccs4)nn23)c1. The van der Waals surface area contributed by atoms with Crippen LogP contribution in [0.25, 0.3) is 15.7 Å². The number of methoxy groups -OCH3 is 2. The number of fused-ring (bicyclic) bond motifs is 1. The normalized spacial score (nSPS) is 10.8. The van der Waals surface area contributed by atoms with E-state index in [0.717, 1.165) is 15.5 Å². The Morgan fingerprint density at radius 1 is 1.13 bits per heavy atom. The first-order chi connectivity index (χ1) is 15.1. The Bertz CT molecular complexity index is 1220. The molecule has 0 atom stereocenters. The van der Waals surface area contributed by atoms with Gasteiger partial charge in [-0.3, -0.25) is 9.59 Å². The number of aromatic nitrogens is 3. The molecular weight excluding hydrogens is 438 g/mol. The van der Waals surface area contributed by atoms with E-state index < -0.39 is 11.8 Å². The van der Waals surface area contributed by atoms with Gasteiger partial charge in [-0.1, -0.05) is 6.07 Å². The average molecular weight is 458 g/mol. The summed E-state index contributed by atoms with van der Waals surface area (Å²) >= 11 is 3.06. The van der Waals surface area contributed by atoms with E-state index in [1.165, 1.54) is 25.6 Å². The Morgan fingerprint density at radius 3 is 2.74 bits per heavy atom. The predicted octanol–water partition coefficient (Wildman–Crippen LogP) is 2.83. The highest BCUT2D eigenvalue weighted by molar-refractivity contribution is 7.15. The molecule has 31 heavy (non-hydrogen) atoms. The van der Waals surface area contributed by atoms with E-state index in [0.29, 0.717) is 29.4 Å². The second kappa shape index (κ2) is 9.14. The molecule has 2 amide bonds. The van der Waals surface area contributed by atoms with Crippen LogP contribution in [0.5, 0.6) is 11.5 Å². The van der Waals surface area contributed by atoms with Gasteiger partial charge in [0.1, 0.15) is 11.5 Å². The number of hydrogen-bond acceptors (Lipinski definition) is 8. The van der Waals surface area contributed by atoms with Crippen molar-refractivity contribution in [2.45, 2.75) is 6.42 Å². The summed E-state index contributed by atoms with van der Waals surface area (Å²) in [5.74, 6) is 0.110. The van der Waals surface area contributed by atoms with Crippen LogP contribution in [0.2, 0.25) is 0 Å². The minimum absolute atomic E-state index is 0.279. The van der Waals surface area contributed by atoms with Crippen LogP contribution in [0, 0.1) is 0 Å². The van der Waals surface area contributed by atoms with Crippen LogP contribution < -0.4 is 20.1 Å². The molecule has 0 bridgehead atoms. The third kappa shape index (κ3) is 4.52. The Hall–Kier alpha value is -3.44. The van der Waals surface area contributed by atoms with Crippen LogP contribution in [-0.2, 0) is 16.0 Å². The van der Waals surface area contributed by atoms with Gasteiger partial charge >= 0.3 is 11.8 Å². The number of thiazole rings is 1. The Balaban J connectivity index is 1.35. The summed E-state index contributed by atoms with van der Waals surface area (Å²) in [5.41, 5.74) is 1.26.